The summed E-state index contributed by atoms with van der Waals surface area (Å²) in [6.45, 7) is 4.16. The Bertz CT molecular complexity index is 526. The van der Waals surface area contributed by atoms with Crippen molar-refractivity contribution in [3.05, 3.63) is 0 Å². The molecule has 3 atom stereocenters. The molecule has 7 heteroatoms. The van der Waals surface area contributed by atoms with E-state index >= 15 is 0 Å². The fourth-order valence-corrected chi connectivity index (χ4v) is 3.85. The van der Waals surface area contributed by atoms with Crippen LogP contribution in [0.2, 0.25) is 0 Å². The molecule has 2 amide bonds. The van der Waals surface area contributed by atoms with Gasteiger partial charge in [0.15, 0.2) is 6.10 Å². The maximum absolute atomic E-state index is 12.1. The minimum absolute atomic E-state index is 0.0385. The molecule has 0 aliphatic carbocycles. The first kappa shape index (κ1) is 27.4. The van der Waals surface area contributed by atoms with E-state index in [1.165, 1.54) is 71.8 Å². The van der Waals surface area contributed by atoms with Crippen molar-refractivity contribution in [3.8, 4) is 0 Å². The van der Waals surface area contributed by atoms with Gasteiger partial charge in [-0.3, -0.25) is 9.59 Å². The number of hydrogen-bond donors (Lipinski definition) is 2. The predicted molar refractivity (Wildman–Crippen MR) is 122 cm³/mol. The average molecular weight is 441 g/mol. The second kappa shape index (κ2) is 17.0. The maximum Gasteiger partial charge on any atom is 0.328 e. The van der Waals surface area contributed by atoms with Gasteiger partial charge in [0.05, 0.1) is 13.2 Å². The van der Waals surface area contributed by atoms with Crippen LogP contribution in [0.1, 0.15) is 104 Å². The van der Waals surface area contributed by atoms with Crippen molar-refractivity contribution in [1.29, 1.82) is 0 Å². The Morgan fingerprint density at radius 2 is 1.52 bits per heavy atom. The van der Waals surface area contributed by atoms with E-state index in [1.54, 1.807) is 0 Å². The molecule has 7 nitrogen and oxygen atoms in total. The molecule has 1 aliphatic rings. The highest BCUT2D eigenvalue weighted by Gasteiger charge is 2.43. The third kappa shape index (κ3) is 13.4. The van der Waals surface area contributed by atoms with E-state index in [-0.39, 0.29) is 24.0 Å². The van der Waals surface area contributed by atoms with Gasteiger partial charge in [-0.1, -0.05) is 71.1 Å². The Morgan fingerprint density at radius 3 is 2.10 bits per heavy atom. The highest BCUT2D eigenvalue weighted by molar-refractivity contribution is 5.83. The Kier molecular flexibility index (Phi) is 15.0. The molecule has 0 aromatic carbocycles. The first-order valence-electron chi connectivity index (χ1n) is 12.3. The summed E-state index contributed by atoms with van der Waals surface area (Å²) in [4.78, 5) is 34.9. The second-order valence-electron chi connectivity index (χ2n) is 8.63. The molecule has 0 radical (unpaired) electrons. The van der Waals surface area contributed by atoms with Crippen molar-refractivity contribution in [3.63, 3.8) is 0 Å². The zero-order valence-electron chi connectivity index (χ0n) is 19.9. The molecule has 0 spiro atoms. The number of ether oxygens (including phenoxy) is 2. The van der Waals surface area contributed by atoms with E-state index in [1.807, 2.05) is 0 Å². The summed E-state index contributed by atoms with van der Waals surface area (Å²) in [5, 5.41) is 5.49. The molecular formula is C24H44N2O5. The van der Waals surface area contributed by atoms with Gasteiger partial charge in [-0.25, -0.2) is 4.79 Å². The zero-order valence-corrected chi connectivity index (χ0v) is 19.9. The van der Waals surface area contributed by atoms with E-state index in [0.29, 0.717) is 19.4 Å². The predicted octanol–water partition coefficient (Wildman–Crippen LogP) is 4.03. The van der Waals surface area contributed by atoms with Crippen LogP contribution in [0.5, 0.6) is 0 Å². The molecule has 2 N–H and O–H groups in total. The van der Waals surface area contributed by atoms with Gasteiger partial charge in [0.25, 0.3) is 5.91 Å². The van der Waals surface area contributed by atoms with Crippen LogP contribution in [0, 0.1) is 0 Å². The van der Waals surface area contributed by atoms with Crippen molar-refractivity contribution in [2.75, 3.05) is 13.7 Å². The normalized spacial score (nSPS) is 18.3. The van der Waals surface area contributed by atoms with Gasteiger partial charge in [0.2, 0.25) is 5.91 Å². The number of nitrogens with one attached hydrogen (secondary N) is 2. The zero-order chi connectivity index (χ0) is 22.9. The van der Waals surface area contributed by atoms with Crippen LogP contribution < -0.4 is 10.6 Å². The molecule has 1 heterocycles. The highest BCUT2D eigenvalue weighted by atomic mass is 16.6. The van der Waals surface area contributed by atoms with Gasteiger partial charge < -0.3 is 20.1 Å². The second-order valence-corrected chi connectivity index (χ2v) is 8.63. The fourth-order valence-electron chi connectivity index (χ4n) is 3.85. The van der Waals surface area contributed by atoms with Crippen molar-refractivity contribution in [1.82, 2.24) is 10.6 Å². The first-order valence-corrected chi connectivity index (χ1v) is 12.3. The van der Waals surface area contributed by atoms with Crippen molar-refractivity contribution < 1.29 is 23.9 Å². The lowest BCUT2D eigenvalue weighted by Crippen LogP contribution is -2.40. The number of epoxide rings is 1. The number of carbonyl (C=O) groups excluding carboxylic acids is 3. The molecular weight excluding hydrogens is 396 g/mol. The molecule has 1 fully saturated rings. The number of unbranched alkanes of at least 4 members (excludes halogenated alkanes) is 10. The average Bonchev–Trinajstić information content (AvgIpc) is 3.52. The van der Waals surface area contributed by atoms with Crippen LogP contribution in [0.4, 0.5) is 0 Å². The Balaban J connectivity index is 1.97. The van der Waals surface area contributed by atoms with Crippen molar-refractivity contribution in [2.24, 2.45) is 0 Å². The molecule has 1 saturated heterocycles. The Morgan fingerprint density at radius 1 is 0.903 bits per heavy atom. The number of carbonyl (C=O) groups is 3. The lowest BCUT2D eigenvalue weighted by molar-refractivity contribution is -0.145. The van der Waals surface area contributed by atoms with Gasteiger partial charge in [0, 0.05) is 13.5 Å². The van der Waals surface area contributed by atoms with E-state index in [0.717, 1.165) is 19.3 Å². The van der Waals surface area contributed by atoms with Gasteiger partial charge >= 0.3 is 5.97 Å². The number of esters is 1. The highest BCUT2D eigenvalue weighted by Crippen LogP contribution is 2.27. The quantitative estimate of drug-likeness (QED) is 0.180. The van der Waals surface area contributed by atoms with E-state index < -0.39 is 12.0 Å². The fraction of sp³-hybridized carbons (Fsp3) is 0.875. The van der Waals surface area contributed by atoms with Gasteiger partial charge in [0.1, 0.15) is 6.04 Å². The largest absolute Gasteiger partial charge is 0.467 e. The molecule has 3 unspecified atom stereocenters. The van der Waals surface area contributed by atoms with E-state index in [2.05, 4.69) is 17.6 Å². The van der Waals surface area contributed by atoms with E-state index in [4.69, 9.17) is 9.47 Å². The molecule has 0 saturated carbocycles. The smallest absolute Gasteiger partial charge is 0.328 e. The SMILES string of the molecule is CCCCCCCCCCCCC1OC1C(=O)NCCCCC(NC(C)=O)C(=O)OC. The lowest BCUT2D eigenvalue weighted by atomic mass is 10.0. The maximum atomic E-state index is 12.1. The van der Waals surface area contributed by atoms with Crippen LogP contribution in [0.15, 0.2) is 0 Å². The molecule has 31 heavy (non-hydrogen) atoms. The van der Waals surface area contributed by atoms with Gasteiger partial charge in [-0.05, 0) is 25.7 Å². The number of amides is 2. The molecule has 0 bridgehead atoms. The van der Waals surface area contributed by atoms with Crippen LogP contribution in [0.25, 0.3) is 0 Å². The third-order valence-corrected chi connectivity index (χ3v) is 5.77. The minimum Gasteiger partial charge on any atom is -0.467 e. The first-order chi connectivity index (χ1) is 15.0. The number of rotatable bonds is 19. The molecule has 1 rings (SSSR count). The summed E-state index contributed by atoms with van der Waals surface area (Å²) in [5.41, 5.74) is 0. The summed E-state index contributed by atoms with van der Waals surface area (Å²) in [6, 6.07) is -0.629. The summed E-state index contributed by atoms with van der Waals surface area (Å²) in [5.74, 6) is -0.744. The molecule has 0 aromatic rings. The number of hydrogen-bond acceptors (Lipinski definition) is 5. The molecule has 1 aliphatic heterocycles. The van der Waals surface area contributed by atoms with Crippen molar-refractivity contribution in [2.45, 2.75) is 122 Å². The summed E-state index contributed by atoms with van der Waals surface area (Å²) in [7, 11) is 1.30. The van der Waals surface area contributed by atoms with Crippen LogP contribution in [0.3, 0.4) is 0 Å². The summed E-state index contributed by atoms with van der Waals surface area (Å²) < 4.78 is 10.2. The van der Waals surface area contributed by atoms with Gasteiger partial charge in [-0.2, -0.15) is 0 Å². The monoisotopic (exact) mass is 440 g/mol. The van der Waals surface area contributed by atoms with Crippen LogP contribution in [-0.4, -0.2) is 49.7 Å². The van der Waals surface area contributed by atoms with Crippen LogP contribution in [-0.2, 0) is 23.9 Å². The van der Waals surface area contributed by atoms with Gasteiger partial charge in [-0.15, -0.1) is 0 Å². The third-order valence-electron chi connectivity index (χ3n) is 5.77. The van der Waals surface area contributed by atoms with Crippen molar-refractivity contribution >= 4 is 17.8 Å². The topological polar surface area (TPSA) is 97.0 Å². The Hall–Kier alpha value is -1.63. The summed E-state index contributed by atoms with van der Waals surface area (Å²) >= 11 is 0. The van der Waals surface area contributed by atoms with Crippen LogP contribution >= 0.6 is 0 Å². The minimum atomic E-state index is -0.629. The molecule has 180 valence electrons. The summed E-state index contributed by atoms with van der Waals surface area (Å²) in [6.07, 6.45) is 15.8. The number of methoxy groups -OCH3 is 1. The van der Waals surface area contributed by atoms with E-state index in [9.17, 15) is 14.4 Å². The standard InChI is InChI=1S/C24H44N2O5/c1-4-5-6-7-8-9-10-11-12-13-17-21-22(31-21)23(28)25-18-15-14-16-20(24(29)30-3)26-19(2)27/h20-22H,4-18H2,1-3H3,(H,25,28)(H,26,27). The lowest BCUT2D eigenvalue weighted by Gasteiger charge is -2.15. The molecule has 0 aromatic heterocycles. The Labute approximate surface area is 188 Å².